The molecule has 1 aliphatic rings. The van der Waals surface area contributed by atoms with Gasteiger partial charge in [-0.15, -0.1) is 0 Å². The second kappa shape index (κ2) is 8.76. The van der Waals surface area contributed by atoms with Crippen molar-refractivity contribution in [1.82, 2.24) is 0 Å². The summed E-state index contributed by atoms with van der Waals surface area (Å²) in [7, 11) is 1.43. The topological polar surface area (TPSA) is 146 Å². The molecular formula is C20H22O9. The number of methoxy groups -OCH3 is 1. The van der Waals surface area contributed by atoms with Crippen molar-refractivity contribution in [3.8, 4) is 11.5 Å². The van der Waals surface area contributed by atoms with Gasteiger partial charge in [-0.3, -0.25) is 0 Å². The van der Waals surface area contributed by atoms with Crippen molar-refractivity contribution in [2.45, 2.75) is 36.8 Å². The number of aliphatic hydroxyl groups is 4. The van der Waals surface area contributed by atoms with Crippen LogP contribution in [0.2, 0.25) is 0 Å². The van der Waals surface area contributed by atoms with Crippen LogP contribution in [0.1, 0.15) is 17.2 Å². The Kier molecular flexibility index (Phi) is 6.36. The number of aliphatic carboxylic acids is 1. The summed E-state index contributed by atoms with van der Waals surface area (Å²) < 4.78 is 16.0. The van der Waals surface area contributed by atoms with E-state index in [1.165, 1.54) is 13.2 Å². The summed E-state index contributed by atoms with van der Waals surface area (Å²) in [6.45, 7) is 0. The Hall–Kier alpha value is -2.69. The van der Waals surface area contributed by atoms with E-state index in [1.54, 1.807) is 42.5 Å². The molecule has 29 heavy (non-hydrogen) atoms. The maximum Gasteiger partial charge on any atom is 0.335 e. The van der Waals surface area contributed by atoms with Crippen molar-refractivity contribution in [3.63, 3.8) is 0 Å². The number of carboxylic acid groups (broad SMARTS) is 1. The van der Waals surface area contributed by atoms with E-state index in [0.717, 1.165) is 0 Å². The Morgan fingerprint density at radius 2 is 1.72 bits per heavy atom. The van der Waals surface area contributed by atoms with E-state index in [-0.39, 0.29) is 5.75 Å². The van der Waals surface area contributed by atoms with E-state index in [0.29, 0.717) is 16.9 Å². The molecule has 9 heteroatoms. The molecule has 156 valence electrons. The third-order valence-electron chi connectivity index (χ3n) is 4.69. The maximum atomic E-state index is 11.3. The van der Waals surface area contributed by atoms with Crippen LogP contribution in [-0.2, 0) is 9.53 Å². The average molecular weight is 406 g/mol. The molecule has 0 aromatic heterocycles. The third-order valence-corrected chi connectivity index (χ3v) is 4.69. The van der Waals surface area contributed by atoms with Gasteiger partial charge in [-0.2, -0.15) is 0 Å². The zero-order valence-corrected chi connectivity index (χ0v) is 15.5. The van der Waals surface area contributed by atoms with Crippen LogP contribution in [0.5, 0.6) is 11.5 Å². The lowest BCUT2D eigenvalue weighted by atomic mass is 9.98. The van der Waals surface area contributed by atoms with Crippen molar-refractivity contribution in [3.05, 3.63) is 59.7 Å². The summed E-state index contributed by atoms with van der Waals surface area (Å²) in [4.78, 5) is 11.3. The molecule has 6 atom stereocenters. The van der Waals surface area contributed by atoms with Gasteiger partial charge in [0.1, 0.15) is 35.9 Å². The standard InChI is InChI=1S/C20H22O9/c1-27-11-7-8-12(14(21)10-5-3-2-4-6-10)13(9-11)28-20-17(24)15(22)16(23)18(29-20)19(25)26/h2-9,14-18,20-24H,1H3,(H,25,26). The van der Waals surface area contributed by atoms with Crippen molar-refractivity contribution in [1.29, 1.82) is 0 Å². The normalized spacial score (nSPS) is 27.8. The minimum atomic E-state index is -1.83. The summed E-state index contributed by atoms with van der Waals surface area (Å²) >= 11 is 0. The lowest BCUT2D eigenvalue weighted by Crippen LogP contribution is -2.61. The molecule has 5 N–H and O–H groups in total. The molecule has 1 aliphatic heterocycles. The van der Waals surface area contributed by atoms with Crippen LogP contribution >= 0.6 is 0 Å². The summed E-state index contributed by atoms with van der Waals surface area (Å²) in [5.74, 6) is -1.09. The molecular weight excluding hydrogens is 384 g/mol. The van der Waals surface area contributed by atoms with E-state index in [4.69, 9.17) is 14.2 Å². The Balaban J connectivity index is 1.94. The number of ether oxygens (including phenoxy) is 3. The zero-order valence-electron chi connectivity index (χ0n) is 15.5. The fourth-order valence-electron chi connectivity index (χ4n) is 3.06. The van der Waals surface area contributed by atoms with Gasteiger partial charge in [-0.05, 0) is 17.7 Å². The first-order valence-corrected chi connectivity index (χ1v) is 8.83. The molecule has 0 radical (unpaired) electrons. The monoisotopic (exact) mass is 406 g/mol. The lowest BCUT2D eigenvalue weighted by Gasteiger charge is -2.38. The number of aliphatic hydroxyl groups excluding tert-OH is 4. The van der Waals surface area contributed by atoms with Gasteiger partial charge in [0.15, 0.2) is 6.10 Å². The summed E-state index contributed by atoms with van der Waals surface area (Å²) in [5, 5.41) is 49.9. The van der Waals surface area contributed by atoms with Gasteiger partial charge < -0.3 is 39.7 Å². The predicted molar refractivity (Wildman–Crippen MR) is 98.4 cm³/mol. The van der Waals surface area contributed by atoms with Crippen molar-refractivity contribution in [2.75, 3.05) is 7.11 Å². The molecule has 2 aromatic rings. The van der Waals surface area contributed by atoms with E-state index in [1.807, 2.05) is 0 Å². The molecule has 3 rings (SSSR count). The second-order valence-corrected chi connectivity index (χ2v) is 6.57. The SMILES string of the molecule is COc1ccc(C(O)c2ccccc2)c(OC2OC(C(=O)O)C(O)C(O)C2O)c1. The summed E-state index contributed by atoms with van der Waals surface area (Å²) in [5.41, 5.74) is 0.881. The number of hydrogen-bond donors (Lipinski definition) is 5. The number of benzene rings is 2. The van der Waals surface area contributed by atoms with Crippen molar-refractivity contribution >= 4 is 5.97 Å². The maximum absolute atomic E-state index is 11.3. The van der Waals surface area contributed by atoms with Gasteiger partial charge in [0.2, 0.25) is 6.29 Å². The Morgan fingerprint density at radius 3 is 2.34 bits per heavy atom. The first kappa shape index (κ1) is 21.0. The molecule has 0 amide bonds. The minimum Gasteiger partial charge on any atom is -0.497 e. The molecule has 0 spiro atoms. The first-order valence-electron chi connectivity index (χ1n) is 8.83. The summed E-state index contributed by atoms with van der Waals surface area (Å²) in [6, 6.07) is 13.3. The molecule has 1 saturated heterocycles. The lowest BCUT2D eigenvalue weighted by molar-refractivity contribution is -0.271. The van der Waals surface area contributed by atoms with Crippen LogP contribution in [0.25, 0.3) is 0 Å². The van der Waals surface area contributed by atoms with E-state index in [9.17, 15) is 30.3 Å². The molecule has 0 aliphatic carbocycles. The Morgan fingerprint density at radius 1 is 1.03 bits per heavy atom. The average Bonchev–Trinajstić information content (AvgIpc) is 2.73. The van der Waals surface area contributed by atoms with Gasteiger partial charge in [-0.1, -0.05) is 30.3 Å². The van der Waals surface area contributed by atoms with Gasteiger partial charge in [0.05, 0.1) is 7.11 Å². The largest absolute Gasteiger partial charge is 0.497 e. The van der Waals surface area contributed by atoms with Gasteiger partial charge in [0, 0.05) is 11.6 Å². The smallest absolute Gasteiger partial charge is 0.335 e. The van der Waals surface area contributed by atoms with Crippen LogP contribution in [0.15, 0.2) is 48.5 Å². The van der Waals surface area contributed by atoms with Crippen LogP contribution < -0.4 is 9.47 Å². The quantitative estimate of drug-likeness (QED) is 0.449. The van der Waals surface area contributed by atoms with Crippen LogP contribution in [0, 0.1) is 0 Å². The minimum absolute atomic E-state index is 0.0532. The molecule has 2 aromatic carbocycles. The molecule has 9 nitrogen and oxygen atoms in total. The predicted octanol–water partition coefficient (Wildman–Crippen LogP) is 0.0479. The van der Waals surface area contributed by atoms with Crippen molar-refractivity contribution < 1.29 is 44.5 Å². The van der Waals surface area contributed by atoms with Crippen LogP contribution in [0.4, 0.5) is 0 Å². The molecule has 6 unspecified atom stereocenters. The summed E-state index contributed by atoms with van der Waals surface area (Å²) in [6.07, 6.45) is -9.86. The second-order valence-electron chi connectivity index (χ2n) is 6.57. The van der Waals surface area contributed by atoms with Gasteiger partial charge >= 0.3 is 5.97 Å². The van der Waals surface area contributed by atoms with Gasteiger partial charge in [0.25, 0.3) is 0 Å². The highest BCUT2D eigenvalue weighted by atomic mass is 16.7. The zero-order chi connectivity index (χ0) is 21.1. The Bertz CT molecular complexity index is 841. The third kappa shape index (κ3) is 4.34. The van der Waals surface area contributed by atoms with E-state index in [2.05, 4.69) is 0 Å². The fraction of sp³-hybridized carbons (Fsp3) is 0.350. The molecule has 0 bridgehead atoms. The fourth-order valence-corrected chi connectivity index (χ4v) is 3.06. The molecule has 1 heterocycles. The molecule has 0 saturated carbocycles. The van der Waals surface area contributed by atoms with E-state index < -0.39 is 42.8 Å². The highest BCUT2D eigenvalue weighted by Crippen LogP contribution is 2.35. The van der Waals surface area contributed by atoms with Gasteiger partial charge in [-0.25, -0.2) is 4.79 Å². The molecule has 1 fully saturated rings. The number of carbonyl (C=O) groups is 1. The number of hydrogen-bond acceptors (Lipinski definition) is 8. The number of rotatable bonds is 6. The highest BCUT2D eigenvalue weighted by Gasteiger charge is 2.48. The number of carboxylic acids is 1. The Labute approximate surface area is 166 Å². The van der Waals surface area contributed by atoms with E-state index >= 15 is 0 Å². The highest BCUT2D eigenvalue weighted by molar-refractivity contribution is 5.73. The first-order chi connectivity index (χ1) is 13.8. The van der Waals surface area contributed by atoms with Crippen molar-refractivity contribution in [2.24, 2.45) is 0 Å². The van der Waals surface area contributed by atoms with Crippen LogP contribution in [0.3, 0.4) is 0 Å². The van der Waals surface area contributed by atoms with Crippen LogP contribution in [-0.4, -0.2) is 69.3 Å².